The summed E-state index contributed by atoms with van der Waals surface area (Å²) in [6, 6.07) is -0.631. The molecule has 0 aliphatic heterocycles. The second kappa shape index (κ2) is 68.8. The van der Waals surface area contributed by atoms with Crippen molar-refractivity contribution in [3.8, 4) is 0 Å². The lowest BCUT2D eigenvalue weighted by atomic mass is 10.0. The molecule has 0 aromatic heterocycles. The zero-order valence-electron chi connectivity index (χ0n) is 53.6. The van der Waals surface area contributed by atoms with Gasteiger partial charge in [-0.3, -0.25) is 9.59 Å². The second-order valence-corrected chi connectivity index (χ2v) is 24.9. The minimum absolute atomic E-state index is 0.0154. The number of nitrogens with one attached hydrogen (secondary N) is 1. The number of unbranched alkanes of at least 4 members (excludes halogenated alkanes) is 55. The van der Waals surface area contributed by atoms with Crippen LogP contribution in [-0.2, 0) is 14.3 Å². The van der Waals surface area contributed by atoms with Crippen LogP contribution in [0.3, 0.4) is 0 Å². The first-order chi connectivity index (χ1) is 39.0. The Bertz CT molecular complexity index is 1230. The molecule has 0 rings (SSSR count). The number of hydrogen-bond acceptors (Lipinski definition) is 5. The first-order valence-electron chi connectivity index (χ1n) is 36.1. The summed E-state index contributed by atoms with van der Waals surface area (Å²) in [6.07, 6.45) is 86.9. The topological polar surface area (TPSA) is 95.9 Å². The molecule has 3 N–H and O–H groups in total. The maximum atomic E-state index is 12.5. The number of aliphatic hydroxyl groups excluding tert-OH is 2. The molecule has 0 heterocycles. The summed E-state index contributed by atoms with van der Waals surface area (Å²) in [5.74, 6) is -0.0510. The Kier molecular flexibility index (Phi) is 67.4. The molecule has 6 nitrogen and oxygen atoms in total. The zero-order valence-corrected chi connectivity index (χ0v) is 53.6. The Balaban J connectivity index is 3.42. The Morgan fingerprint density at radius 1 is 0.342 bits per heavy atom. The van der Waals surface area contributed by atoms with Gasteiger partial charge >= 0.3 is 5.97 Å². The molecule has 2 atom stereocenters. The molecule has 0 aliphatic rings. The van der Waals surface area contributed by atoms with Crippen molar-refractivity contribution < 1.29 is 24.5 Å². The van der Waals surface area contributed by atoms with E-state index >= 15 is 0 Å². The second-order valence-electron chi connectivity index (χ2n) is 24.9. The molecule has 0 radical (unpaired) electrons. The van der Waals surface area contributed by atoms with E-state index in [4.69, 9.17) is 4.74 Å². The molecule has 0 spiro atoms. The molecular formula is C73H141NO5. The van der Waals surface area contributed by atoms with Gasteiger partial charge in [0.25, 0.3) is 0 Å². The number of allylic oxidation sites excluding steroid dienone is 3. The van der Waals surface area contributed by atoms with E-state index in [9.17, 15) is 19.8 Å². The third kappa shape index (κ3) is 65.4. The van der Waals surface area contributed by atoms with Crippen LogP contribution in [0.2, 0.25) is 0 Å². The molecule has 1 amide bonds. The normalized spacial score (nSPS) is 12.6. The van der Waals surface area contributed by atoms with Crippen molar-refractivity contribution in [1.29, 1.82) is 0 Å². The highest BCUT2D eigenvalue weighted by Gasteiger charge is 2.18. The number of aliphatic hydroxyl groups is 2. The number of hydrogen-bond donors (Lipinski definition) is 3. The molecule has 0 bridgehead atoms. The summed E-state index contributed by atoms with van der Waals surface area (Å²) in [5, 5.41) is 23.3. The van der Waals surface area contributed by atoms with Crippen molar-refractivity contribution in [1.82, 2.24) is 5.32 Å². The van der Waals surface area contributed by atoms with Crippen molar-refractivity contribution in [2.45, 2.75) is 418 Å². The third-order valence-electron chi connectivity index (χ3n) is 17.0. The van der Waals surface area contributed by atoms with Crippen molar-refractivity contribution in [2.75, 3.05) is 13.2 Å². The Labute approximate surface area is 494 Å². The minimum Gasteiger partial charge on any atom is -0.466 e. The molecular weight excluding hydrogens is 971 g/mol. The van der Waals surface area contributed by atoms with Gasteiger partial charge in [0.05, 0.1) is 25.4 Å². The number of carbonyl (C=O) groups is 2. The van der Waals surface area contributed by atoms with Gasteiger partial charge in [-0.2, -0.15) is 0 Å². The largest absolute Gasteiger partial charge is 0.466 e. The number of carbonyl (C=O) groups excluding carboxylic acids is 2. The number of esters is 1. The summed E-state index contributed by atoms with van der Waals surface area (Å²) in [6.45, 7) is 4.94. The maximum absolute atomic E-state index is 12.5. The average molecular weight is 1110 g/mol. The van der Waals surface area contributed by atoms with Crippen LogP contribution in [0.5, 0.6) is 0 Å². The highest BCUT2D eigenvalue weighted by Crippen LogP contribution is 2.19. The van der Waals surface area contributed by atoms with Crippen LogP contribution in [0, 0.1) is 0 Å². The van der Waals surface area contributed by atoms with E-state index in [2.05, 4.69) is 31.3 Å². The average Bonchev–Trinajstić information content (AvgIpc) is 3.45. The van der Waals surface area contributed by atoms with Gasteiger partial charge in [0.2, 0.25) is 5.91 Å². The molecule has 6 heteroatoms. The van der Waals surface area contributed by atoms with E-state index in [1.165, 1.54) is 340 Å². The van der Waals surface area contributed by atoms with Gasteiger partial charge in [0, 0.05) is 12.8 Å². The van der Waals surface area contributed by atoms with Crippen LogP contribution in [0.25, 0.3) is 0 Å². The highest BCUT2D eigenvalue weighted by atomic mass is 16.5. The summed E-state index contributed by atoms with van der Waals surface area (Å²) >= 11 is 0. The number of ether oxygens (including phenoxy) is 1. The van der Waals surface area contributed by atoms with Gasteiger partial charge in [0.15, 0.2) is 0 Å². The minimum atomic E-state index is -0.848. The summed E-state index contributed by atoms with van der Waals surface area (Å²) in [5.41, 5.74) is 0. The first-order valence-corrected chi connectivity index (χ1v) is 36.1. The Morgan fingerprint density at radius 3 is 0.899 bits per heavy atom. The van der Waals surface area contributed by atoms with E-state index < -0.39 is 12.1 Å². The summed E-state index contributed by atoms with van der Waals surface area (Å²) in [7, 11) is 0. The van der Waals surface area contributed by atoms with Crippen LogP contribution >= 0.6 is 0 Å². The maximum Gasteiger partial charge on any atom is 0.305 e. The first kappa shape index (κ1) is 77.3. The fraction of sp³-hybridized carbons (Fsp3) is 0.918. The SMILES string of the molecule is CCCCCCCCCCCCCCCCCCCCCCCC/C=C/C(O)C(CO)NC(=O)CCCCCCCCCCC/C=C\CCCCCCCCCCCCCCOC(=O)CCCCCCCCCCCCCCC. The highest BCUT2D eigenvalue weighted by molar-refractivity contribution is 5.76. The monoisotopic (exact) mass is 1110 g/mol. The summed E-state index contributed by atoms with van der Waals surface area (Å²) < 4.78 is 5.49. The van der Waals surface area contributed by atoms with E-state index in [-0.39, 0.29) is 18.5 Å². The summed E-state index contributed by atoms with van der Waals surface area (Å²) in [4.78, 5) is 24.6. The number of amides is 1. The number of rotatable bonds is 68. The quantitative estimate of drug-likeness (QED) is 0.0320. The lowest BCUT2D eigenvalue weighted by Gasteiger charge is -2.20. The van der Waals surface area contributed by atoms with Crippen LogP contribution < -0.4 is 5.32 Å². The van der Waals surface area contributed by atoms with Gasteiger partial charge in [-0.1, -0.05) is 359 Å². The lowest BCUT2D eigenvalue weighted by molar-refractivity contribution is -0.143. The van der Waals surface area contributed by atoms with Gasteiger partial charge in [0.1, 0.15) is 0 Å². The van der Waals surface area contributed by atoms with Crippen LogP contribution in [0.15, 0.2) is 24.3 Å². The van der Waals surface area contributed by atoms with Crippen LogP contribution in [-0.4, -0.2) is 47.4 Å². The predicted octanol–water partition coefficient (Wildman–Crippen LogP) is 23.3. The van der Waals surface area contributed by atoms with Crippen LogP contribution in [0.1, 0.15) is 406 Å². The van der Waals surface area contributed by atoms with E-state index in [1.807, 2.05) is 6.08 Å². The Morgan fingerprint density at radius 2 is 0.595 bits per heavy atom. The molecule has 468 valence electrons. The molecule has 0 aromatic carbocycles. The van der Waals surface area contributed by atoms with Crippen molar-refractivity contribution in [3.63, 3.8) is 0 Å². The molecule has 0 aromatic rings. The molecule has 2 unspecified atom stereocenters. The predicted molar refractivity (Wildman–Crippen MR) is 347 cm³/mol. The molecule has 0 saturated heterocycles. The van der Waals surface area contributed by atoms with Gasteiger partial charge in [-0.25, -0.2) is 0 Å². The van der Waals surface area contributed by atoms with Gasteiger partial charge in [-0.05, 0) is 57.8 Å². The fourth-order valence-corrected chi connectivity index (χ4v) is 11.5. The zero-order chi connectivity index (χ0) is 57.1. The molecule has 0 saturated carbocycles. The van der Waals surface area contributed by atoms with E-state index in [0.29, 0.717) is 19.4 Å². The van der Waals surface area contributed by atoms with Gasteiger partial charge in [-0.15, -0.1) is 0 Å². The van der Waals surface area contributed by atoms with Crippen LogP contribution in [0.4, 0.5) is 0 Å². The van der Waals surface area contributed by atoms with Gasteiger partial charge < -0.3 is 20.3 Å². The standard InChI is InChI=1S/C73H141NO5/c1-3-5-7-9-11-13-15-17-18-19-20-21-22-26-29-32-35-38-42-45-49-53-57-61-65-71(76)70(69-75)74-72(77)66-62-58-54-50-46-43-39-36-33-30-27-24-23-25-28-31-34-37-40-44-48-52-56-60-64-68-79-73(78)67-63-59-55-51-47-41-16-14-12-10-8-6-4-2/h24,27,61,65,70-71,75-76H,3-23,25-26,28-60,62-64,66-69H2,1-2H3,(H,74,77)/b27-24-,65-61+. The van der Waals surface area contributed by atoms with Crippen molar-refractivity contribution >= 4 is 11.9 Å². The smallest absolute Gasteiger partial charge is 0.305 e. The van der Waals surface area contributed by atoms with E-state index in [0.717, 1.165) is 38.5 Å². The third-order valence-corrected chi connectivity index (χ3v) is 17.0. The van der Waals surface area contributed by atoms with Crippen molar-refractivity contribution in [3.05, 3.63) is 24.3 Å². The fourth-order valence-electron chi connectivity index (χ4n) is 11.5. The van der Waals surface area contributed by atoms with Crippen molar-refractivity contribution in [2.24, 2.45) is 0 Å². The molecule has 79 heavy (non-hydrogen) atoms. The van der Waals surface area contributed by atoms with E-state index in [1.54, 1.807) is 6.08 Å². The Hall–Kier alpha value is -1.66. The lowest BCUT2D eigenvalue weighted by Crippen LogP contribution is -2.45. The molecule has 0 fully saturated rings. The molecule has 0 aliphatic carbocycles.